The summed E-state index contributed by atoms with van der Waals surface area (Å²) in [7, 11) is 3.46. The summed E-state index contributed by atoms with van der Waals surface area (Å²) in [5.41, 5.74) is 8.62. The normalized spacial score (nSPS) is 14.1. The molecule has 0 aliphatic carbocycles. The number of ether oxygens (including phenoxy) is 2. The van der Waals surface area contributed by atoms with Gasteiger partial charge in [-0.3, -0.25) is 0 Å². The van der Waals surface area contributed by atoms with Crippen LogP contribution in [0.2, 0.25) is 0 Å². The minimum atomic E-state index is 0.0611. The third-order valence-electron chi connectivity index (χ3n) is 3.56. The second-order valence-electron chi connectivity index (χ2n) is 5.06. The average molecular weight is 280 g/mol. The van der Waals surface area contributed by atoms with E-state index in [0.717, 1.165) is 13.0 Å². The van der Waals surface area contributed by atoms with Crippen molar-refractivity contribution in [3.05, 3.63) is 29.8 Å². The minimum Gasteiger partial charge on any atom is -0.383 e. The Morgan fingerprint density at radius 2 is 1.90 bits per heavy atom. The van der Waals surface area contributed by atoms with Crippen molar-refractivity contribution in [2.75, 3.05) is 38.9 Å². The fourth-order valence-electron chi connectivity index (χ4n) is 2.38. The average Bonchev–Trinajstić information content (AvgIpc) is 2.47. The molecule has 2 unspecified atom stereocenters. The van der Waals surface area contributed by atoms with Gasteiger partial charge in [-0.2, -0.15) is 0 Å². The van der Waals surface area contributed by atoms with Crippen LogP contribution in [0, 0.1) is 0 Å². The van der Waals surface area contributed by atoms with Crippen LogP contribution >= 0.6 is 0 Å². The molecule has 0 saturated carbocycles. The van der Waals surface area contributed by atoms with Gasteiger partial charge in [0.2, 0.25) is 0 Å². The van der Waals surface area contributed by atoms with E-state index in [-0.39, 0.29) is 12.1 Å². The van der Waals surface area contributed by atoms with Gasteiger partial charge in [-0.1, -0.05) is 25.1 Å². The molecule has 114 valence electrons. The number of methoxy groups -OCH3 is 2. The van der Waals surface area contributed by atoms with E-state index in [1.807, 2.05) is 6.07 Å². The highest BCUT2D eigenvalue weighted by Gasteiger charge is 2.19. The minimum absolute atomic E-state index is 0.0611. The first-order valence-corrected chi connectivity index (χ1v) is 7.24. The number of para-hydroxylation sites is 1. The van der Waals surface area contributed by atoms with E-state index >= 15 is 0 Å². The number of anilines is 1. The fourth-order valence-corrected chi connectivity index (χ4v) is 2.38. The number of hydrogen-bond acceptors (Lipinski definition) is 4. The first-order chi connectivity index (χ1) is 9.65. The van der Waals surface area contributed by atoms with Gasteiger partial charge in [0.25, 0.3) is 0 Å². The number of rotatable bonds is 9. The molecule has 0 bridgehead atoms. The van der Waals surface area contributed by atoms with Gasteiger partial charge in [0, 0.05) is 38.5 Å². The van der Waals surface area contributed by atoms with Crippen molar-refractivity contribution in [2.45, 2.75) is 32.4 Å². The van der Waals surface area contributed by atoms with Gasteiger partial charge in [0.05, 0.1) is 13.2 Å². The number of nitrogens with two attached hydrogens (primary N) is 1. The van der Waals surface area contributed by atoms with E-state index in [2.05, 4.69) is 36.9 Å². The monoisotopic (exact) mass is 280 g/mol. The SMILES string of the molecule is CCC(N)c1ccccc1N(CCOC)C(C)COC. The van der Waals surface area contributed by atoms with Crippen molar-refractivity contribution in [1.82, 2.24) is 0 Å². The van der Waals surface area contributed by atoms with Crippen LogP contribution in [0.5, 0.6) is 0 Å². The third kappa shape index (κ3) is 4.47. The largest absolute Gasteiger partial charge is 0.383 e. The van der Waals surface area contributed by atoms with Gasteiger partial charge in [-0.05, 0) is 25.0 Å². The number of nitrogens with zero attached hydrogens (tertiary/aromatic N) is 1. The second kappa shape index (κ2) is 8.95. The van der Waals surface area contributed by atoms with Gasteiger partial charge < -0.3 is 20.1 Å². The third-order valence-corrected chi connectivity index (χ3v) is 3.56. The summed E-state index contributed by atoms with van der Waals surface area (Å²) in [5, 5.41) is 0. The lowest BCUT2D eigenvalue weighted by molar-refractivity contribution is 0.171. The Morgan fingerprint density at radius 1 is 1.20 bits per heavy atom. The van der Waals surface area contributed by atoms with Gasteiger partial charge in [-0.25, -0.2) is 0 Å². The van der Waals surface area contributed by atoms with Gasteiger partial charge in [0.15, 0.2) is 0 Å². The summed E-state index contributed by atoms with van der Waals surface area (Å²) in [4.78, 5) is 2.32. The molecule has 0 aliphatic rings. The quantitative estimate of drug-likeness (QED) is 0.755. The highest BCUT2D eigenvalue weighted by molar-refractivity contribution is 5.55. The molecule has 0 saturated heterocycles. The molecule has 0 aliphatic heterocycles. The zero-order valence-corrected chi connectivity index (χ0v) is 13.1. The lowest BCUT2D eigenvalue weighted by atomic mass is 10.0. The zero-order chi connectivity index (χ0) is 15.0. The fraction of sp³-hybridized carbons (Fsp3) is 0.625. The molecule has 0 radical (unpaired) electrons. The van der Waals surface area contributed by atoms with Crippen LogP contribution < -0.4 is 10.6 Å². The Kier molecular flexibility index (Phi) is 7.59. The van der Waals surface area contributed by atoms with Crippen LogP contribution in [0.4, 0.5) is 5.69 Å². The van der Waals surface area contributed by atoms with E-state index in [1.54, 1.807) is 14.2 Å². The van der Waals surface area contributed by atoms with Crippen LogP contribution in [-0.2, 0) is 9.47 Å². The van der Waals surface area contributed by atoms with E-state index in [0.29, 0.717) is 13.2 Å². The Balaban J connectivity index is 3.05. The second-order valence-corrected chi connectivity index (χ2v) is 5.06. The van der Waals surface area contributed by atoms with Crippen LogP contribution in [0.3, 0.4) is 0 Å². The molecular formula is C16H28N2O2. The molecular weight excluding hydrogens is 252 g/mol. The summed E-state index contributed by atoms with van der Waals surface area (Å²) >= 11 is 0. The zero-order valence-electron chi connectivity index (χ0n) is 13.1. The van der Waals surface area contributed by atoms with E-state index in [4.69, 9.17) is 15.2 Å². The Hall–Kier alpha value is -1.10. The van der Waals surface area contributed by atoms with Crippen molar-refractivity contribution in [2.24, 2.45) is 5.73 Å². The molecule has 4 heteroatoms. The molecule has 0 aromatic heterocycles. The molecule has 2 N–H and O–H groups in total. The van der Waals surface area contributed by atoms with E-state index < -0.39 is 0 Å². The molecule has 1 rings (SSSR count). The van der Waals surface area contributed by atoms with E-state index in [9.17, 15) is 0 Å². The topological polar surface area (TPSA) is 47.7 Å². The van der Waals surface area contributed by atoms with Gasteiger partial charge in [0.1, 0.15) is 0 Å². The predicted molar refractivity (Wildman–Crippen MR) is 84.2 cm³/mol. The molecule has 2 atom stereocenters. The smallest absolute Gasteiger partial charge is 0.0663 e. The first kappa shape index (κ1) is 17.0. The Labute approximate surface area is 122 Å². The van der Waals surface area contributed by atoms with Crippen LogP contribution in [0.25, 0.3) is 0 Å². The molecule has 0 spiro atoms. The molecule has 0 amide bonds. The lowest BCUT2D eigenvalue weighted by Crippen LogP contribution is -2.39. The van der Waals surface area contributed by atoms with Crippen molar-refractivity contribution >= 4 is 5.69 Å². The summed E-state index contributed by atoms with van der Waals surface area (Å²) in [5.74, 6) is 0. The highest BCUT2D eigenvalue weighted by Crippen LogP contribution is 2.28. The van der Waals surface area contributed by atoms with Gasteiger partial charge in [-0.15, -0.1) is 0 Å². The molecule has 20 heavy (non-hydrogen) atoms. The van der Waals surface area contributed by atoms with Crippen LogP contribution in [0.15, 0.2) is 24.3 Å². The maximum absolute atomic E-state index is 6.25. The molecule has 0 heterocycles. The summed E-state index contributed by atoms with van der Waals surface area (Å²) in [6.45, 7) is 6.46. The van der Waals surface area contributed by atoms with Crippen LogP contribution in [-0.4, -0.2) is 40.0 Å². The van der Waals surface area contributed by atoms with Gasteiger partial charge >= 0.3 is 0 Å². The Bertz CT molecular complexity index is 384. The maximum Gasteiger partial charge on any atom is 0.0663 e. The van der Waals surface area contributed by atoms with E-state index in [1.165, 1.54) is 11.3 Å². The predicted octanol–water partition coefficient (Wildman–Crippen LogP) is 2.58. The molecule has 4 nitrogen and oxygen atoms in total. The standard InChI is InChI=1S/C16H28N2O2/c1-5-15(17)14-8-6-7-9-16(14)18(10-11-19-3)13(2)12-20-4/h6-9,13,15H,5,10-12,17H2,1-4H3. The summed E-state index contributed by atoms with van der Waals surface area (Å²) in [6, 6.07) is 8.69. The van der Waals surface area contributed by atoms with Crippen molar-refractivity contribution in [3.8, 4) is 0 Å². The van der Waals surface area contributed by atoms with Crippen molar-refractivity contribution in [1.29, 1.82) is 0 Å². The lowest BCUT2D eigenvalue weighted by Gasteiger charge is -2.33. The van der Waals surface area contributed by atoms with Crippen molar-refractivity contribution < 1.29 is 9.47 Å². The maximum atomic E-state index is 6.25. The molecule has 1 aromatic rings. The molecule has 0 fully saturated rings. The van der Waals surface area contributed by atoms with Crippen LogP contribution in [0.1, 0.15) is 31.9 Å². The summed E-state index contributed by atoms with van der Waals surface area (Å²) < 4.78 is 10.5. The number of hydrogen-bond donors (Lipinski definition) is 1. The van der Waals surface area contributed by atoms with Crippen molar-refractivity contribution in [3.63, 3.8) is 0 Å². The summed E-state index contributed by atoms with van der Waals surface area (Å²) in [6.07, 6.45) is 0.924. The first-order valence-electron chi connectivity index (χ1n) is 7.24. The molecule has 1 aromatic carbocycles. The number of benzene rings is 1. The Morgan fingerprint density at radius 3 is 2.50 bits per heavy atom. The highest BCUT2D eigenvalue weighted by atomic mass is 16.5.